The topological polar surface area (TPSA) is 79.0 Å². The van der Waals surface area contributed by atoms with Crippen LogP contribution in [0.1, 0.15) is 38.3 Å². The molecule has 2 amide bonds. The summed E-state index contributed by atoms with van der Waals surface area (Å²) in [7, 11) is 0. The number of hydrogen-bond acceptors (Lipinski definition) is 4. The lowest BCUT2D eigenvalue weighted by atomic mass is 9.92. The zero-order chi connectivity index (χ0) is 25.3. The Morgan fingerprint density at radius 3 is 2.46 bits per heavy atom. The fourth-order valence-electron chi connectivity index (χ4n) is 4.01. The van der Waals surface area contributed by atoms with Gasteiger partial charge in [-0.15, -0.1) is 0 Å². The quantitative estimate of drug-likeness (QED) is 0.372. The molecule has 0 N–H and O–H groups in total. The van der Waals surface area contributed by atoms with Crippen molar-refractivity contribution in [1.82, 2.24) is 14.7 Å². The number of nitrogens with zero attached hydrogens (tertiary/aromatic N) is 4. The maximum absolute atomic E-state index is 14.4. The molecule has 7 heteroatoms. The van der Waals surface area contributed by atoms with Crippen molar-refractivity contribution in [1.29, 1.82) is 5.26 Å². The van der Waals surface area contributed by atoms with E-state index in [-0.39, 0.29) is 23.0 Å². The van der Waals surface area contributed by atoms with E-state index in [1.54, 1.807) is 49.9 Å². The molecule has 4 rings (SSSR count). The van der Waals surface area contributed by atoms with Crippen molar-refractivity contribution in [2.45, 2.75) is 40.2 Å². The molecule has 1 aliphatic rings. The third-order valence-electron chi connectivity index (χ3n) is 6.31. The summed E-state index contributed by atoms with van der Waals surface area (Å²) >= 11 is 0. The van der Waals surface area contributed by atoms with Crippen molar-refractivity contribution in [3.05, 3.63) is 88.4 Å². The van der Waals surface area contributed by atoms with Crippen LogP contribution in [0.4, 0.5) is 4.39 Å². The molecule has 1 unspecified atom stereocenters. The highest BCUT2D eigenvalue weighted by Gasteiger charge is 2.37. The highest BCUT2D eigenvalue weighted by Crippen LogP contribution is 2.32. The maximum Gasteiger partial charge on any atom is 0.271 e. The van der Waals surface area contributed by atoms with Gasteiger partial charge in [0.1, 0.15) is 23.2 Å². The molecule has 0 saturated heterocycles. The average molecular weight is 469 g/mol. The highest BCUT2D eigenvalue weighted by atomic mass is 19.1. The van der Waals surface area contributed by atoms with E-state index in [1.807, 2.05) is 43.3 Å². The Labute approximate surface area is 203 Å². The lowest BCUT2D eigenvalue weighted by Crippen LogP contribution is -2.47. The normalized spacial score (nSPS) is 16.1. The molecule has 0 radical (unpaired) electrons. The van der Waals surface area contributed by atoms with E-state index in [4.69, 9.17) is 5.10 Å². The molecule has 3 aromatic rings. The summed E-state index contributed by atoms with van der Waals surface area (Å²) in [6, 6.07) is 15.9. The zero-order valence-electron chi connectivity index (χ0n) is 20.0. The number of halogens is 1. The van der Waals surface area contributed by atoms with Crippen LogP contribution in [0.2, 0.25) is 0 Å². The Morgan fingerprint density at radius 2 is 1.83 bits per heavy atom. The first-order valence-corrected chi connectivity index (χ1v) is 11.4. The Hall–Kier alpha value is -4.31. The van der Waals surface area contributed by atoms with Gasteiger partial charge >= 0.3 is 0 Å². The van der Waals surface area contributed by atoms with Gasteiger partial charge in [0.05, 0.1) is 5.69 Å². The second kappa shape index (κ2) is 9.51. The zero-order valence-corrected chi connectivity index (χ0v) is 20.0. The number of para-hydroxylation sites is 1. The Bertz CT molecular complexity index is 1430. The minimum Gasteiger partial charge on any atom is -0.271 e. The Morgan fingerprint density at radius 1 is 1.11 bits per heavy atom. The van der Waals surface area contributed by atoms with Crippen molar-refractivity contribution in [3.8, 4) is 23.0 Å². The van der Waals surface area contributed by atoms with E-state index in [2.05, 4.69) is 0 Å². The van der Waals surface area contributed by atoms with E-state index in [9.17, 15) is 19.2 Å². The molecule has 0 spiro atoms. The number of carbonyl (C=O) groups excluding carboxylic acids is 2. The Kier molecular flexibility index (Phi) is 6.48. The predicted octanol–water partition coefficient (Wildman–Crippen LogP) is 5.38. The van der Waals surface area contributed by atoms with Crippen LogP contribution in [0.3, 0.4) is 0 Å². The average Bonchev–Trinajstić information content (AvgIpc) is 3.28. The summed E-state index contributed by atoms with van der Waals surface area (Å²) in [5.41, 5.74) is 3.39. The summed E-state index contributed by atoms with van der Waals surface area (Å²) < 4.78 is 16.1. The summed E-state index contributed by atoms with van der Waals surface area (Å²) in [4.78, 5) is 27.4. The van der Waals surface area contributed by atoms with E-state index in [0.717, 1.165) is 10.6 Å². The number of hydrogen-bond donors (Lipinski definition) is 0. The van der Waals surface area contributed by atoms with Gasteiger partial charge in [-0.05, 0) is 62.6 Å². The second-order valence-electron chi connectivity index (χ2n) is 8.58. The summed E-state index contributed by atoms with van der Waals surface area (Å²) in [6.45, 7) is 6.93. The van der Waals surface area contributed by atoms with Crippen molar-refractivity contribution in [2.24, 2.45) is 0 Å². The highest BCUT2D eigenvalue weighted by molar-refractivity contribution is 6.20. The van der Waals surface area contributed by atoms with Crippen LogP contribution in [0.15, 0.2) is 71.4 Å². The van der Waals surface area contributed by atoms with Gasteiger partial charge in [0, 0.05) is 28.9 Å². The second-order valence-corrected chi connectivity index (χ2v) is 8.58. The number of rotatable bonds is 5. The van der Waals surface area contributed by atoms with Crippen LogP contribution in [0, 0.1) is 24.1 Å². The third kappa shape index (κ3) is 4.31. The van der Waals surface area contributed by atoms with Crippen LogP contribution in [0.5, 0.6) is 0 Å². The van der Waals surface area contributed by atoms with Gasteiger partial charge in [0.15, 0.2) is 0 Å². The molecular weight excluding hydrogens is 443 g/mol. The number of aryl methyl sites for hydroxylation is 1. The first-order valence-electron chi connectivity index (χ1n) is 11.4. The molecule has 0 bridgehead atoms. The van der Waals surface area contributed by atoms with Crippen LogP contribution < -0.4 is 0 Å². The Balaban J connectivity index is 1.95. The summed E-state index contributed by atoms with van der Waals surface area (Å²) in [5, 5.41) is 14.4. The van der Waals surface area contributed by atoms with Crippen LogP contribution in [-0.2, 0) is 9.59 Å². The van der Waals surface area contributed by atoms with E-state index in [0.29, 0.717) is 34.4 Å². The van der Waals surface area contributed by atoms with Gasteiger partial charge in [0.2, 0.25) is 0 Å². The van der Waals surface area contributed by atoms with Crippen molar-refractivity contribution in [2.75, 3.05) is 0 Å². The first kappa shape index (κ1) is 23.8. The third-order valence-corrected chi connectivity index (χ3v) is 6.31. The predicted molar refractivity (Wildman–Crippen MR) is 132 cm³/mol. The van der Waals surface area contributed by atoms with Gasteiger partial charge in [0.25, 0.3) is 11.8 Å². The molecule has 6 nitrogen and oxygen atoms in total. The number of amides is 2. The number of carbonyl (C=O) groups is 2. The molecular formula is C28H25FN4O2. The molecule has 176 valence electrons. The van der Waals surface area contributed by atoms with Gasteiger partial charge in [-0.2, -0.15) is 10.4 Å². The molecule has 0 aliphatic carbocycles. The standard InChI is InChI=1S/C28H25FN4O2/c1-5-18(3)33-27(34)23(19(4)24(15-30)28(33)35)13-21-16-32(22-9-7-6-8-10-22)31-26(21)20-12-11-17(2)25(29)14-20/h6-14,16,18H,5H2,1-4H3/b23-13+. The molecule has 0 fully saturated rings. The number of benzene rings is 2. The summed E-state index contributed by atoms with van der Waals surface area (Å²) in [6.07, 6.45) is 3.95. The van der Waals surface area contributed by atoms with Gasteiger partial charge < -0.3 is 0 Å². The molecule has 1 aliphatic heterocycles. The first-order chi connectivity index (χ1) is 16.8. The van der Waals surface area contributed by atoms with E-state index < -0.39 is 11.8 Å². The fraction of sp³-hybridized carbons (Fsp3) is 0.214. The van der Waals surface area contributed by atoms with Crippen LogP contribution >= 0.6 is 0 Å². The van der Waals surface area contributed by atoms with Crippen LogP contribution in [-0.4, -0.2) is 32.5 Å². The lowest BCUT2D eigenvalue weighted by molar-refractivity contribution is -0.142. The van der Waals surface area contributed by atoms with Crippen molar-refractivity contribution >= 4 is 17.9 Å². The minimum atomic E-state index is -0.581. The SMILES string of the molecule is CCC(C)N1C(=O)C(C#N)=C(C)/C(=C\c2cn(-c3ccccc3)nc2-c2ccc(C)c(F)c2)C1=O. The molecule has 0 saturated carbocycles. The van der Waals surface area contributed by atoms with Crippen LogP contribution in [0.25, 0.3) is 23.0 Å². The fourth-order valence-corrected chi connectivity index (χ4v) is 4.01. The largest absolute Gasteiger partial charge is 0.271 e. The number of aromatic nitrogens is 2. The van der Waals surface area contributed by atoms with Gasteiger partial charge in [-0.1, -0.05) is 37.3 Å². The number of imide groups is 1. The smallest absolute Gasteiger partial charge is 0.271 e. The molecule has 2 heterocycles. The van der Waals surface area contributed by atoms with Gasteiger partial charge in [-0.3, -0.25) is 14.5 Å². The van der Waals surface area contributed by atoms with Crippen molar-refractivity contribution < 1.29 is 14.0 Å². The maximum atomic E-state index is 14.4. The molecule has 1 aromatic heterocycles. The number of nitriles is 1. The molecule has 1 atom stereocenters. The molecule has 35 heavy (non-hydrogen) atoms. The lowest BCUT2D eigenvalue weighted by Gasteiger charge is -2.31. The summed E-state index contributed by atoms with van der Waals surface area (Å²) in [5.74, 6) is -1.41. The monoisotopic (exact) mass is 468 g/mol. The molecule has 2 aromatic carbocycles. The van der Waals surface area contributed by atoms with Gasteiger partial charge in [-0.25, -0.2) is 9.07 Å². The van der Waals surface area contributed by atoms with E-state index in [1.165, 1.54) is 6.07 Å². The van der Waals surface area contributed by atoms with Crippen molar-refractivity contribution in [3.63, 3.8) is 0 Å². The minimum absolute atomic E-state index is 0.0606. The van der Waals surface area contributed by atoms with E-state index >= 15 is 0 Å².